The van der Waals surface area contributed by atoms with Crippen LogP contribution in [-0.4, -0.2) is 29.6 Å². The molecule has 1 atom stereocenters. The molecule has 5 nitrogen and oxygen atoms in total. The fourth-order valence-electron chi connectivity index (χ4n) is 2.82. The zero-order chi connectivity index (χ0) is 15.4. The van der Waals surface area contributed by atoms with Gasteiger partial charge in [-0.25, -0.2) is 0 Å². The van der Waals surface area contributed by atoms with Gasteiger partial charge in [-0.15, -0.1) is 0 Å². The summed E-state index contributed by atoms with van der Waals surface area (Å²) >= 11 is 0. The van der Waals surface area contributed by atoms with Crippen molar-refractivity contribution >= 4 is 11.9 Å². The maximum atomic E-state index is 12.1. The Morgan fingerprint density at radius 1 is 1.25 bits per heavy atom. The summed E-state index contributed by atoms with van der Waals surface area (Å²) in [5.41, 5.74) is 5.34. The van der Waals surface area contributed by atoms with E-state index in [1.807, 2.05) is 20.8 Å². The molecule has 0 heterocycles. The fourth-order valence-corrected chi connectivity index (χ4v) is 2.82. The number of rotatable bonds is 5. The van der Waals surface area contributed by atoms with Crippen LogP contribution in [0.3, 0.4) is 0 Å². The molecule has 0 aromatic carbocycles. The van der Waals surface area contributed by atoms with Crippen molar-refractivity contribution in [1.82, 2.24) is 5.32 Å². The van der Waals surface area contributed by atoms with E-state index in [1.165, 1.54) is 0 Å². The molecule has 0 aromatic rings. The number of carbonyl (C=O) groups excluding carboxylic acids is 1. The number of aliphatic carboxylic acids is 1. The van der Waals surface area contributed by atoms with Gasteiger partial charge in [0.2, 0.25) is 5.91 Å². The molecule has 1 amide bonds. The standard InChI is InChI=1S/C15H28N2O3/c1-14(2,3)12(16)13(20)17-10-15(9-11(18)19)7-5-4-6-8-15/h12H,4-10,16H2,1-3H3,(H,17,20)(H,18,19). The highest BCUT2D eigenvalue weighted by Crippen LogP contribution is 2.38. The minimum Gasteiger partial charge on any atom is -0.481 e. The molecule has 4 N–H and O–H groups in total. The average Bonchev–Trinajstić information content (AvgIpc) is 2.34. The van der Waals surface area contributed by atoms with E-state index >= 15 is 0 Å². The molecule has 0 spiro atoms. The summed E-state index contributed by atoms with van der Waals surface area (Å²) in [6.45, 7) is 6.18. The second kappa shape index (κ2) is 6.57. The highest BCUT2D eigenvalue weighted by atomic mass is 16.4. The van der Waals surface area contributed by atoms with Crippen molar-refractivity contribution in [2.24, 2.45) is 16.6 Å². The van der Waals surface area contributed by atoms with E-state index in [-0.39, 0.29) is 23.2 Å². The number of nitrogens with two attached hydrogens (primary N) is 1. The van der Waals surface area contributed by atoms with E-state index < -0.39 is 12.0 Å². The number of carboxylic acid groups (broad SMARTS) is 1. The van der Waals surface area contributed by atoms with Gasteiger partial charge < -0.3 is 16.2 Å². The molecule has 1 aliphatic carbocycles. The first-order chi connectivity index (χ1) is 9.16. The summed E-state index contributed by atoms with van der Waals surface area (Å²) in [5.74, 6) is -0.978. The lowest BCUT2D eigenvalue weighted by Gasteiger charge is -2.37. The number of hydrogen-bond donors (Lipinski definition) is 3. The Morgan fingerprint density at radius 2 is 1.80 bits per heavy atom. The van der Waals surface area contributed by atoms with Gasteiger partial charge in [0.25, 0.3) is 0 Å². The lowest BCUT2D eigenvalue weighted by molar-refractivity contribution is -0.141. The van der Waals surface area contributed by atoms with Crippen LogP contribution in [0, 0.1) is 10.8 Å². The molecule has 20 heavy (non-hydrogen) atoms. The normalized spacial score (nSPS) is 20.2. The monoisotopic (exact) mass is 284 g/mol. The van der Waals surface area contributed by atoms with Crippen molar-refractivity contribution in [2.75, 3.05) is 6.54 Å². The SMILES string of the molecule is CC(C)(C)C(N)C(=O)NCC1(CC(=O)O)CCCCC1. The van der Waals surface area contributed by atoms with Crippen LogP contribution in [0.25, 0.3) is 0 Å². The van der Waals surface area contributed by atoms with E-state index in [9.17, 15) is 9.59 Å². The zero-order valence-corrected chi connectivity index (χ0v) is 12.9. The summed E-state index contributed by atoms with van der Waals surface area (Å²) in [6, 6.07) is -0.576. The third-order valence-electron chi connectivity index (χ3n) is 4.29. The minimum atomic E-state index is -0.790. The molecule has 5 heteroatoms. The molecule has 1 saturated carbocycles. The predicted molar refractivity (Wildman–Crippen MR) is 78.2 cm³/mol. The summed E-state index contributed by atoms with van der Waals surface area (Å²) in [6.07, 6.45) is 5.08. The zero-order valence-electron chi connectivity index (χ0n) is 12.9. The van der Waals surface area contributed by atoms with Gasteiger partial charge in [-0.05, 0) is 23.7 Å². The van der Waals surface area contributed by atoms with Crippen LogP contribution < -0.4 is 11.1 Å². The molecule has 0 aromatic heterocycles. The van der Waals surface area contributed by atoms with E-state index in [4.69, 9.17) is 10.8 Å². The summed E-state index contributed by atoms with van der Waals surface area (Å²) in [4.78, 5) is 23.1. The number of hydrogen-bond acceptors (Lipinski definition) is 3. The number of carbonyl (C=O) groups is 2. The van der Waals surface area contributed by atoms with E-state index in [0.717, 1.165) is 32.1 Å². The smallest absolute Gasteiger partial charge is 0.303 e. The van der Waals surface area contributed by atoms with Gasteiger partial charge in [0.1, 0.15) is 0 Å². The summed E-state index contributed by atoms with van der Waals surface area (Å²) < 4.78 is 0. The van der Waals surface area contributed by atoms with Crippen LogP contribution in [0.5, 0.6) is 0 Å². The van der Waals surface area contributed by atoms with Gasteiger partial charge in [-0.2, -0.15) is 0 Å². The second-order valence-corrected chi connectivity index (χ2v) is 7.19. The highest BCUT2D eigenvalue weighted by molar-refractivity contribution is 5.82. The van der Waals surface area contributed by atoms with Crippen LogP contribution in [0.2, 0.25) is 0 Å². The van der Waals surface area contributed by atoms with Crippen LogP contribution >= 0.6 is 0 Å². The molecular formula is C15H28N2O3. The van der Waals surface area contributed by atoms with E-state index in [1.54, 1.807) is 0 Å². The quantitative estimate of drug-likeness (QED) is 0.719. The Bertz CT molecular complexity index is 355. The Kier molecular flexibility index (Phi) is 5.57. The van der Waals surface area contributed by atoms with Gasteiger partial charge in [0, 0.05) is 6.54 Å². The number of nitrogens with one attached hydrogen (secondary N) is 1. The molecule has 0 aliphatic heterocycles. The van der Waals surface area contributed by atoms with Crippen LogP contribution in [0.4, 0.5) is 0 Å². The van der Waals surface area contributed by atoms with Crippen LogP contribution in [0.1, 0.15) is 59.3 Å². The lowest BCUT2D eigenvalue weighted by atomic mass is 9.71. The Morgan fingerprint density at radius 3 is 2.25 bits per heavy atom. The predicted octanol–water partition coefficient (Wildman–Crippen LogP) is 1.90. The molecule has 0 saturated heterocycles. The van der Waals surface area contributed by atoms with Crippen molar-refractivity contribution in [1.29, 1.82) is 0 Å². The lowest BCUT2D eigenvalue weighted by Crippen LogP contribution is -2.51. The minimum absolute atomic E-state index is 0.123. The van der Waals surface area contributed by atoms with Crippen LogP contribution in [-0.2, 0) is 9.59 Å². The Hall–Kier alpha value is -1.10. The van der Waals surface area contributed by atoms with Crippen molar-refractivity contribution in [3.63, 3.8) is 0 Å². The number of carboxylic acids is 1. The maximum Gasteiger partial charge on any atom is 0.303 e. The molecule has 116 valence electrons. The van der Waals surface area contributed by atoms with E-state index in [2.05, 4.69) is 5.32 Å². The first kappa shape index (κ1) is 17.0. The molecule has 1 aliphatic rings. The van der Waals surface area contributed by atoms with Gasteiger partial charge >= 0.3 is 5.97 Å². The van der Waals surface area contributed by atoms with Crippen molar-refractivity contribution in [2.45, 2.75) is 65.3 Å². The van der Waals surface area contributed by atoms with Crippen molar-refractivity contribution in [3.05, 3.63) is 0 Å². The average molecular weight is 284 g/mol. The number of amides is 1. The van der Waals surface area contributed by atoms with Gasteiger partial charge in [-0.3, -0.25) is 9.59 Å². The maximum absolute atomic E-state index is 12.1. The van der Waals surface area contributed by atoms with Gasteiger partial charge in [-0.1, -0.05) is 40.0 Å². The summed E-state index contributed by atoms with van der Waals surface area (Å²) in [7, 11) is 0. The van der Waals surface area contributed by atoms with Gasteiger partial charge in [0.05, 0.1) is 12.5 Å². The first-order valence-corrected chi connectivity index (χ1v) is 7.41. The molecule has 1 unspecified atom stereocenters. The van der Waals surface area contributed by atoms with Gasteiger partial charge in [0.15, 0.2) is 0 Å². The van der Waals surface area contributed by atoms with Crippen molar-refractivity contribution in [3.8, 4) is 0 Å². The third-order valence-corrected chi connectivity index (χ3v) is 4.29. The molecular weight excluding hydrogens is 256 g/mol. The first-order valence-electron chi connectivity index (χ1n) is 7.41. The molecule has 1 fully saturated rings. The Labute approximate surface area is 121 Å². The molecule has 0 bridgehead atoms. The third kappa shape index (κ3) is 4.78. The fraction of sp³-hybridized carbons (Fsp3) is 0.867. The van der Waals surface area contributed by atoms with Crippen LogP contribution in [0.15, 0.2) is 0 Å². The molecule has 1 rings (SSSR count). The second-order valence-electron chi connectivity index (χ2n) is 7.19. The Balaban J connectivity index is 2.63. The van der Waals surface area contributed by atoms with Crippen molar-refractivity contribution < 1.29 is 14.7 Å². The largest absolute Gasteiger partial charge is 0.481 e. The topological polar surface area (TPSA) is 92.4 Å². The highest BCUT2D eigenvalue weighted by Gasteiger charge is 2.36. The summed E-state index contributed by atoms with van der Waals surface area (Å²) in [5, 5.41) is 12.0. The van der Waals surface area contributed by atoms with E-state index in [0.29, 0.717) is 6.54 Å². The molecule has 0 radical (unpaired) electrons.